The molecule has 0 aromatic rings. The maximum absolute atomic E-state index is 11.3. The van der Waals surface area contributed by atoms with E-state index in [0.29, 0.717) is 12.8 Å². The average Bonchev–Trinajstić information content (AvgIpc) is 2.62. The Morgan fingerprint density at radius 2 is 1.28 bits per heavy atom. The normalized spacial score (nSPS) is 11.3. The molecular formula is C22H43NO2. The molecule has 0 rings (SSSR count). The summed E-state index contributed by atoms with van der Waals surface area (Å²) in [7, 11) is 0. The maximum Gasteiger partial charge on any atom is 0.220 e. The molecular weight excluding hydrogens is 310 g/mol. The molecule has 0 unspecified atom stereocenters. The molecule has 0 aliphatic carbocycles. The fourth-order valence-corrected chi connectivity index (χ4v) is 2.93. The Kier molecular flexibility index (Phi) is 20.5. The average molecular weight is 354 g/mol. The molecule has 0 saturated carbocycles. The zero-order chi connectivity index (χ0) is 18.4. The van der Waals surface area contributed by atoms with Crippen molar-refractivity contribution in [2.75, 3.05) is 13.2 Å². The number of rotatable bonds is 19. The van der Waals surface area contributed by atoms with Crippen molar-refractivity contribution >= 4 is 5.91 Å². The Morgan fingerprint density at radius 1 is 0.760 bits per heavy atom. The van der Waals surface area contributed by atoms with E-state index in [4.69, 9.17) is 5.11 Å². The van der Waals surface area contributed by atoms with Crippen LogP contribution in [0.1, 0.15) is 110 Å². The van der Waals surface area contributed by atoms with Crippen molar-refractivity contribution in [3.05, 3.63) is 12.2 Å². The summed E-state index contributed by atoms with van der Waals surface area (Å²) in [4.78, 5) is 11.3. The van der Waals surface area contributed by atoms with Crippen LogP contribution in [-0.4, -0.2) is 24.2 Å². The highest BCUT2D eigenvalue weighted by molar-refractivity contribution is 5.75. The van der Waals surface area contributed by atoms with E-state index in [1.807, 2.05) is 0 Å². The Bertz CT molecular complexity index is 302. The molecule has 0 aromatic heterocycles. The van der Waals surface area contributed by atoms with E-state index in [1.165, 1.54) is 83.5 Å². The summed E-state index contributed by atoms with van der Waals surface area (Å²) in [5.41, 5.74) is 0. The molecule has 0 heterocycles. The summed E-state index contributed by atoms with van der Waals surface area (Å²) in [5, 5.41) is 11.6. The Morgan fingerprint density at radius 3 is 1.84 bits per heavy atom. The van der Waals surface area contributed by atoms with Gasteiger partial charge < -0.3 is 10.4 Å². The van der Waals surface area contributed by atoms with Crippen molar-refractivity contribution in [3.8, 4) is 0 Å². The highest BCUT2D eigenvalue weighted by atomic mass is 16.3. The highest BCUT2D eigenvalue weighted by Gasteiger charge is 1.99. The van der Waals surface area contributed by atoms with E-state index in [-0.39, 0.29) is 12.5 Å². The molecule has 3 nitrogen and oxygen atoms in total. The van der Waals surface area contributed by atoms with Crippen LogP contribution in [0.25, 0.3) is 0 Å². The quantitative estimate of drug-likeness (QED) is 0.224. The minimum absolute atomic E-state index is 0.0711. The maximum atomic E-state index is 11.3. The summed E-state index contributed by atoms with van der Waals surface area (Å²) in [5.74, 6) is 0.0711. The number of nitrogens with one attached hydrogen (secondary N) is 1. The minimum Gasteiger partial charge on any atom is -0.396 e. The zero-order valence-electron chi connectivity index (χ0n) is 16.7. The van der Waals surface area contributed by atoms with Crippen LogP contribution in [-0.2, 0) is 4.79 Å². The number of carbonyl (C=O) groups is 1. The topological polar surface area (TPSA) is 49.3 Å². The van der Waals surface area contributed by atoms with Crippen LogP contribution >= 0.6 is 0 Å². The van der Waals surface area contributed by atoms with E-state index in [2.05, 4.69) is 24.4 Å². The summed E-state index contributed by atoms with van der Waals surface area (Å²) < 4.78 is 0. The first-order valence-corrected chi connectivity index (χ1v) is 10.8. The molecule has 0 atom stereocenters. The standard InChI is InChI=1S/C22H43NO2/c1-2-3-4-5-6-7-8-9-10-11-12-13-14-15-16-17-20-23-22(25)19-18-21-24/h9-10,24H,2-8,11-21H2,1H3,(H,23,25). The van der Waals surface area contributed by atoms with E-state index in [0.717, 1.165) is 13.0 Å². The lowest BCUT2D eigenvalue weighted by Gasteiger charge is -2.04. The number of aliphatic hydroxyl groups excluding tert-OH is 1. The third-order valence-electron chi connectivity index (χ3n) is 4.57. The summed E-state index contributed by atoms with van der Waals surface area (Å²) in [6, 6.07) is 0. The number of hydrogen-bond donors (Lipinski definition) is 2. The van der Waals surface area contributed by atoms with Crippen LogP contribution in [0.15, 0.2) is 12.2 Å². The number of amides is 1. The molecule has 148 valence electrons. The predicted molar refractivity (Wildman–Crippen MR) is 109 cm³/mol. The number of aliphatic hydroxyl groups is 1. The molecule has 0 aliphatic rings. The first-order valence-electron chi connectivity index (χ1n) is 10.8. The van der Waals surface area contributed by atoms with Crippen molar-refractivity contribution in [3.63, 3.8) is 0 Å². The zero-order valence-corrected chi connectivity index (χ0v) is 16.7. The van der Waals surface area contributed by atoms with Crippen LogP contribution in [0.2, 0.25) is 0 Å². The Hall–Kier alpha value is -0.830. The van der Waals surface area contributed by atoms with Gasteiger partial charge in [-0.3, -0.25) is 4.79 Å². The van der Waals surface area contributed by atoms with Gasteiger partial charge in [-0.2, -0.15) is 0 Å². The van der Waals surface area contributed by atoms with Gasteiger partial charge in [0.2, 0.25) is 5.91 Å². The Labute approximate surface area is 156 Å². The largest absolute Gasteiger partial charge is 0.396 e. The molecule has 0 spiro atoms. The van der Waals surface area contributed by atoms with Crippen LogP contribution < -0.4 is 5.32 Å². The number of allylic oxidation sites excluding steroid dienone is 2. The number of carbonyl (C=O) groups excluding carboxylic acids is 1. The van der Waals surface area contributed by atoms with E-state index in [9.17, 15) is 4.79 Å². The molecule has 0 fully saturated rings. The SMILES string of the molecule is CCCCCCCCC=CCCCCCCCCNC(=O)CCCO. The minimum atomic E-state index is 0.0711. The first kappa shape index (κ1) is 24.2. The van der Waals surface area contributed by atoms with Gasteiger partial charge in [0.15, 0.2) is 0 Å². The smallest absolute Gasteiger partial charge is 0.220 e. The lowest BCUT2D eigenvalue weighted by molar-refractivity contribution is -0.121. The van der Waals surface area contributed by atoms with E-state index < -0.39 is 0 Å². The molecule has 25 heavy (non-hydrogen) atoms. The second kappa shape index (κ2) is 21.2. The fraction of sp³-hybridized carbons (Fsp3) is 0.864. The number of unbranched alkanes of at least 4 members (excludes halogenated alkanes) is 12. The van der Waals surface area contributed by atoms with Crippen molar-refractivity contribution in [1.29, 1.82) is 0 Å². The predicted octanol–water partition coefficient (Wildman–Crippen LogP) is 5.91. The lowest BCUT2D eigenvalue weighted by atomic mass is 10.1. The Balaban J connectivity index is 3.13. The van der Waals surface area contributed by atoms with Crippen LogP contribution in [0.4, 0.5) is 0 Å². The summed E-state index contributed by atoms with van der Waals surface area (Å²) in [6.45, 7) is 3.15. The van der Waals surface area contributed by atoms with Crippen LogP contribution in [0.3, 0.4) is 0 Å². The molecule has 0 aromatic carbocycles. The van der Waals surface area contributed by atoms with E-state index >= 15 is 0 Å². The van der Waals surface area contributed by atoms with Gasteiger partial charge in [-0.1, -0.05) is 76.9 Å². The summed E-state index contributed by atoms with van der Waals surface area (Å²) in [6.07, 6.45) is 24.1. The monoisotopic (exact) mass is 353 g/mol. The van der Waals surface area contributed by atoms with Crippen molar-refractivity contribution in [2.45, 2.75) is 110 Å². The molecule has 2 N–H and O–H groups in total. The third-order valence-corrected chi connectivity index (χ3v) is 4.57. The fourth-order valence-electron chi connectivity index (χ4n) is 2.93. The third kappa shape index (κ3) is 21.1. The van der Waals surface area contributed by atoms with Crippen molar-refractivity contribution in [1.82, 2.24) is 5.32 Å². The van der Waals surface area contributed by atoms with Gasteiger partial charge in [0, 0.05) is 19.6 Å². The van der Waals surface area contributed by atoms with Crippen LogP contribution in [0.5, 0.6) is 0 Å². The second-order valence-corrected chi connectivity index (χ2v) is 7.11. The molecule has 0 bridgehead atoms. The van der Waals surface area contributed by atoms with Gasteiger partial charge in [-0.25, -0.2) is 0 Å². The molecule has 0 aliphatic heterocycles. The van der Waals surface area contributed by atoms with Crippen molar-refractivity contribution < 1.29 is 9.90 Å². The number of hydrogen-bond acceptors (Lipinski definition) is 2. The highest BCUT2D eigenvalue weighted by Crippen LogP contribution is 2.09. The molecule has 0 radical (unpaired) electrons. The van der Waals surface area contributed by atoms with Gasteiger partial charge >= 0.3 is 0 Å². The van der Waals surface area contributed by atoms with Crippen LogP contribution in [0, 0.1) is 0 Å². The van der Waals surface area contributed by atoms with Gasteiger partial charge in [-0.15, -0.1) is 0 Å². The van der Waals surface area contributed by atoms with Gasteiger partial charge in [0.25, 0.3) is 0 Å². The van der Waals surface area contributed by atoms with Gasteiger partial charge in [0.1, 0.15) is 0 Å². The second-order valence-electron chi connectivity index (χ2n) is 7.11. The van der Waals surface area contributed by atoms with Gasteiger partial charge in [0.05, 0.1) is 0 Å². The van der Waals surface area contributed by atoms with E-state index in [1.54, 1.807) is 0 Å². The lowest BCUT2D eigenvalue weighted by Crippen LogP contribution is -2.24. The van der Waals surface area contributed by atoms with Crippen molar-refractivity contribution in [2.24, 2.45) is 0 Å². The van der Waals surface area contributed by atoms with Gasteiger partial charge in [-0.05, 0) is 38.5 Å². The summed E-state index contributed by atoms with van der Waals surface area (Å²) >= 11 is 0. The molecule has 1 amide bonds. The molecule has 3 heteroatoms. The first-order chi connectivity index (χ1) is 12.3. The molecule has 0 saturated heterocycles.